The van der Waals surface area contributed by atoms with Gasteiger partial charge in [-0.15, -0.1) is 0 Å². The van der Waals surface area contributed by atoms with E-state index in [1.54, 1.807) is 24.3 Å². The van der Waals surface area contributed by atoms with Gasteiger partial charge in [0.15, 0.2) is 5.03 Å². The molecular formula is C20H15FN6O2S. The Labute approximate surface area is 171 Å². The lowest BCUT2D eigenvalue weighted by atomic mass is 10.0. The van der Waals surface area contributed by atoms with Crippen LogP contribution in [0.25, 0.3) is 22.4 Å². The van der Waals surface area contributed by atoms with Gasteiger partial charge in [-0.3, -0.25) is 4.98 Å². The minimum Gasteiger partial charge on any atom is -0.382 e. The van der Waals surface area contributed by atoms with Crippen molar-refractivity contribution in [3.63, 3.8) is 0 Å². The Kier molecular flexibility index (Phi) is 4.84. The summed E-state index contributed by atoms with van der Waals surface area (Å²) in [6, 6.07) is 11.9. The number of anilines is 2. The van der Waals surface area contributed by atoms with E-state index < -0.39 is 15.7 Å². The largest absolute Gasteiger partial charge is 0.382 e. The van der Waals surface area contributed by atoms with Gasteiger partial charge >= 0.3 is 0 Å². The van der Waals surface area contributed by atoms with E-state index >= 15 is 0 Å². The Bertz CT molecular complexity index is 1340. The third-order valence-corrected chi connectivity index (χ3v) is 6.04. The molecule has 2 aromatic carbocycles. The Morgan fingerprint density at radius 3 is 2.37 bits per heavy atom. The smallest absolute Gasteiger partial charge is 0.224 e. The number of benzene rings is 2. The highest BCUT2D eigenvalue weighted by Crippen LogP contribution is 2.33. The second-order valence-corrected chi connectivity index (χ2v) is 8.14. The van der Waals surface area contributed by atoms with Gasteiger partial charge in [-0.05, 0) is 29.8 Å². The summed E-state index contributed by atoms with van der Waals surface area (Å²) in [6.07, 6.45) is 3.96. The molecule has 150 valence electrons. The Balaban J connectivity index is 1.81. The van der Waals surface area contributed by atoms with Crippen molar-refractivity contribution in [2.24, 2.45) is 0 Å². The standard InChI is InChI=1S/C20H15FN6O2S/c21-15-9-12(5-6-14(15)16-10-26-18(22)11-25-16)13-3-1-2-4-17(13)30(28,29)19-7-8-24-20(23)27-19/h1-11H,(H2,22,26)(H2,23,24,27). The zero-order valence-corrected chi connectivity index (χ0v) is 16.2. The molecule has 4 N–H and O–H groups in total. The first kappa shape index (κ1) is 19.4. The molecule has 0 atom stereocenters. The maximum absolute atomic E-state index is 14.8. The predicted octanol–water partition coefficient (Wildman–Crippen LogP) is 2.74. The lowest BCUT2D eigenvalue weighted by molar-refractivity contribution is 0.592. The van der Waals surface area contributed by atoms with Gasteiger partial charge in [-0.1, -0.05) is 24.3 Å². The van der Waals surface area contributed by atoms with Gasteiger partial charge in [0.2, 0.25) is 15.8 Å². The number of aromatic nitrogens is 4. The van der Waals surface area contributed by atoms with E-state index in [1.165, 1.54) is 42.9 Å². The van der Waals surface area contributed by atoms with E-state index in [2.05, 4.69) is 19.9 Å². The van der Waals surface area contributed by atoms with Crippen LogP contribution in [0.2, 0.25) is 0 Å². The lowest BCUT2D eigenvalue weighted by Crippen LogP contribution is -2.08. The second kappa shape index (κ2) is 7.48. The number of halogens is 1. The van der Waals surface area contributed by atoms with E-state index in [4.69, 9.17) is 11.5 Å². The average Bonchev–Trinajstić information content (AvgIpc) is 2.74. The number of hydrogen-bond donors (Lipinski definition) is 2. The zero-order valence-electron chi connectivity index (χ0n) is 15.4. The van der Waals surface area contributed by atoms with Crippen molar-refractivity contribution in [2.75, 3.05) is 11.5 Å². The highest BCUT2D eigenvalue weighted by atomic mass is 32.2. The lowest BCUT2D eigenvalue weighted by Gasteiger charge is -2.12. The summed E-state index contributed by atoms with van der Waals surface area (Å²) < 4.78 is 41.1. The molecule has 2 heterocycles. The van der Waals surface area contributed by atoms with Crippen LogP contribution in [0.5, 0.6) is 0 Å². The van der Waals surface area contributed by atoms with E-state index in [0.29, 0.717) is 16.8 Å². The van der Waals surface area contributed by atoms with Gasteiger partial charge < -0.3 is 11.5 Å². The molecule has 2 aromatic heterocycles. The van der Waals surface area contributed by atoms with Gasteiger partial charge in [0.05, 0.1) is 23.0 Å². The molecule has 0 amide bonds. The molecule has 0 fully saturated rings. The molecule has 30 heavy (non-hydrogen) atoms. The minimum absolute atomic E-state index is 0.0254. The molecular weight excluding hydrogens is 407 g/mol. The van der Waals surface area contributed by atoms with Crippen molar-refractivity contribution in [3.8, 4) is 22.4 Å². The summed E-state index contributed by atoms with van der Waals surface area (Å²) in [4.78, 5) is 15.5. The van der Waals surface area contributed by atoms with E-state index in [9.17, 15) is 12.8 Å². The maximum atomic E-state index is 14.8. The van der Waals surface area contributed by atoms with Crippen LogP contribution in [0.4, 0.5) is 16.2 Å². The first-order valence-electron chi connectivity index (χ1n) is 8.67. The van der Waals surface area contributed by atoms with Gasteiger partial charge in [-0.2, -0.15) is 0 Å². The van der Waals surface area contributed by atoms with Gasteiger partial charge in [0.25, 0.3) is 0 Å². The van der Waals surface area contributed by atoms with E-state index in [-0.39, 0.29) is 27.3 Å². The normalized spacial score (nSPS) is 11.4. The number of nitrogens with zero attached hydrogens (tertiary/aromatic N) is 4. The molecule has 0 aliphatic carbocycles. The summed E-state index contributed by atoms with van der Waals surface area (Å²) in [6.45, 7) is 0. The quantitative estimate of drug-likeness (QED) is 0.479. The van der Waals surface area contributed by atoms with Crippen LogP contribution in [-0.2, 0) is 9.84 Å². The fourth-order valence-electron chi connectivity index (χ4n) is 2.93. The molecule has 0 bridgehead atoms. The molecule has 4 rings (SSSR count). The molecule has 0 unspecified atom stereocenters. The number of hydrogen-bond acceptors (Lipinski definition) is 8. The molecule has 10 heteroatoms. The third kappa shape index (κ3) is 3.55. The fraction of sp³-hybridized carbons (Fsp3) is 0. The van der Waals surface area contributed by atoms with Crippen LogP contribution in [0, 0.1) is 5.82 Å². The number of rotatable bonds is 4. The van der Waals surface area contributed by atoms with Gasteiger partial charge in [-0.25, -0.2) is 27.8 Å². The second-order valence-electron chi connectivity index (χ2n) is 6.27. The summed E-state index contributed by atoms with van der Waals surface area (Å²) in [5.74, 6) is -0.515. The molecule has 0 saturated carbocycles. The van der Waals surface area contributed by atoms with Crippen LogP contribution < -0.4 is 11.5 Å². The van der Waals surface area contributed by atoms with Crippen molar-refractivity contribution in [3.05, 3.63) is 72.9 Å². The fourth-order valence-corrected chi connectivity index (χ4v) is 4.34. The molecule has 4 aromatic rings. The first-order chi connectivity index (χ1) is 14.4. The molecule has 0 aliphatic rings. The number of nitrogens with two attached hydrogens (primary N) is 2. The van der Waals surface area contributed by atoms with E-state index in [0.717, 1.165) is 0 Å². The van der Waals surface area contributed by atoms with Crippen LogP contribution >= 0.6 is 0 Å². The van der Waals surface area contributed by atoms with Crippen LogP contribution in [0.3, 0.4) is 0 Å². The number of sulfone groups is 1. The Morgan fingerprint density at radius 2 is 1.67 bits per heavy atom. The first-order valence-corrected chi connectivity index (χ1v) is 10.1. The summed E-state index contributed by atoms with van der Waals surface area (Å²) in [7, 11) is -4.01. The molecule has 0 aliphatic heterocycles. The topological polar surface area (TPSA) is 138 Å². The number of nitrogen functional groups attached to an aromatic ring is 2. The summed E-state index contributed by atoms with van der Waals surface area (Å²) >= 11 is 0. The maximum Gasteiger partial charge on any atom is 0.224 e. The minimum atomic E-state index is -4.01. The summed E-state index contributed by atoms with van der Waals surface area (Å²) in [5, 5.41) is -0.239. The molecule has 0 radical (unpaired) electrons. The van der Waals surface area contributed by atoms with Crippen molar-refractivity contribution >= 4 is 21.6 Å². The van der Waals surface area contributed by atoms with Crippen molar-refractivity contribution in [2.45, 2.75) is 9.92 Å². The average molecular weight is 422 g/mol. The SMILES string of the molecule is Nc1cnc(-c2ccc(-c3ccccc3S(=O)(=O)c3ccnc(N)n3)cc2F)cn1. The van der Waals surface area contributed by atoms with Crippen LogP contribution in [0.1, 0.15) is 0 Å². The van der Waals surface area contributed by atoms with Gasteiger partial charge in [0, 0.05) is 17.3 Å². The van der Waals surface area contributed by atoms with Crippen LogP contribution in [0.15, 0.2) is 77.0 Å². The highest BCUT2D eigenvalue weighted by Gasteiger charge is 2.24. The predicted molar refractivity (Wildman–Crippen MR) is 109 cm³/mol. The van der Waals surface area contributed by atoms with Gasteiger partial charge in [0.1, 0.15) is 11.6 Å². The monoisotopic (exact) mass is 422 g/mol. The molecule has 0 spiro atoms. The van der Waals surface area contributed by atoms with Crippen LogP contribution in [-0.4, -0.2) is 28.4 Å². The Morgan fingerprint density at radius 1 is 0.867 bits per heavy atom. The van der Waals surface area contributed by atoms with Crippen molar-refractivity contribution in [1.82, 2.24) is 19.9 Å². The Hall–Kier alpha value is -3.92. The molecule has 8 nitrogen and oxygen atoms in total. The highest BCUT2D eigenvalue weighted by molar-refractivity contribution is 7.91. The van der Waals surface area contributed by atoms with Crippen molar-refractivity contribution in [1.29, 1.82) is 0 Å². The summed E-state index contributed by atoms with van der Waals surface area (Å²) in [5.41, 5.74) is 12.3. The third-order valence-electron chi connectivity index (χ3n) is 4.33. The molecule has 0 saturated heterocycles. The van der Waals surface area contributed by atoms with Crippen molar-refractivity contribution < 1.29 is 12.8 Å². The van der Waals surface area contributed by atoms with E-state index in [1.807, 2.05) is 0 Å². The zero-order chi connectivity index (χ0) is 21.3.